The van der Waals surface area contributed by atoms with Gasteiger partial charge in [-0.3, -0.25) is 4.79 Å². The minimum atomic E-state index is 0.317. The molecule has 1 aromatic heterocycles. The van der Waals surface area contributed by atoms with Crippen LogP contribution >= 0.6 is 0 Å². The van der Waals surface area contributed by atoms with E-state index in [2.05, 4.69) is 17.3 Å². The Kier molecular flexibility index (Phi) is 6.14. The lowest BCUT2D eigenvalue weighted by atomic mass is 9.86. The largest absolute Gasteiger partial charge is 0.373 e. The van der Waals surface area contributed by atoms with E-state index in [4.69, 9.17) is 9.97 Å². The Morgan fingerprint density at radius 3 is 2.68 bits per heavy atom. The fourth-order valence-corrected chi connectivity index (χ4v) is 5.18. The van der Waals surface area contributed by atoms with E-state index in [1.54, 1.807) is 0 Å². The van der Waals surface area contributed by atoms with E-state index in [9.17, 15) is 4.79 Å². The van der Waals surface area contributed by atoms with Crippen LogP contribution in [0.1, 0.15) is 74.4 Å². The number of piperidine rings is 1. The minimum Gasteiger partial charge on any atom is -0.373 e. The molecule has 1 amide bonds. The summed E-state index contributed by atoms with van der Waals surface area (Å²) in [7, 11) is 4.11. The number of likely N-dealkylation sites (N-methyl/N-ethyl adjacent to an activating group) is 1. The molecule has 1 aromatic rings. The third-order valence-corrected chi connectivity index (χ3v) is 6.84. The van der Waals surface area contributed by atoms with Crippen molar-refractivity contribution in [3.05, 3.63) is 17.1 Å². The van der Waals surface area contributed by atoms with E-state index in [1.165, 1.54) is 45.1 Å². The van der Waals surface area contributed by atoms with Gasteiger partial charge in [-0.1, -0.05) is 19.3 Å². The van der Waals surface area contributed by atoms with Gasteiger partial charge in [0.25, 0.3) is 0 Å². The number of hydrogen-bond donors (Lipinski definition) is 1. The van der Waals surface area contributed by atoms with Gasteiger partial charge in [0.05, 0.1) is 12.2 Å². The highest BCUT2D eigenvalue weighted by atomic mass is 16.2. The molecule has 4 rings (SSSR count). The molecule has 0 bridgehead atoms. The van der Waals surface area contributed by atoms with Gasteiger partial charge < -0.3 is 15.1 Å². The molecular formula is C22H35N5O. The summed E-state index contributed by atoms with van der Waals surface area (Å²) in [5, 5.41) is 3.28. The van der Waals surface area contributed by atoms with Crippen LogP contribution in [0.2, 0.25) is 0 Å². The van der Waals surface area contributed by atoms with Gasteiger partial charge in [0.15, 0.2) is 0 Å². The zero-order valence-electron chi connectivity index (χ0n) is 17.5. The summed E-state index contributed by atoms with van der Waals surface area (Å²) in [5.74, 6) is 3.23. The molecule has 0 aromatic carbocycles. The minimum absolute atomic E-state index is 0.317. The van der Waals surface area contributed by atoms with Crippen molar-refractivity contribution in [1.82, 2.24) is 19.8 Å². The van der Waals surface area contributed by atoms with Crippen molar-refractivity contribution in [3.63, 3.8) is 0 Å². The lowest BCUT2D eigenvalue weighted by Crippen LogP contribution is -2.38. The second-order valence-corrected chi connectivity index (χ2v) is 8.98. The van der Waals surface area contributed by atoms with Crippen molar-refractivity contribution in [3.8, 4) is 0 Å². The maximum absolute atomic E-state index is 12.9. The number of carbonyl (C=O) groups is 1. The number of nitrogens with zero attached hydrogens (tertiary/aromatic N) is 4. The monoisotopic (exact) mass is 385 g/mol. The van der Waals surface area contributed by atoms with Crippen molar-refractivity contribution >= 4 is 11.7 Å². The highest BCUT2D eigenvalue weighted by Gasteiger charge is 2.29. The predicted octanol–water partition coefficient (Wildman–Crippen LogP) is 3.18. The Hall–Kier alpha value is -1.69. The molecule has 0 unspecified atom stereocenters. The summed E-state index contributed by atoms with van der Waals surface area (Å²) in [6, 6.07) is 0. The lowest BCUT2D eigenvalue weighted by molar-refractivity contribution is -0.133. The average molecular weight is 386 g/mol. The third kappa shape index (κ3) is 4.32. The number of aromatic nitrogens is 2. The molecule has 2 aliphatic heterocycles. The van der Waals surface area contributed by atoms with Gasteiger partial charge in [-0.05, 0) is 45.2 Å². The summed E-state index contributed by atoms with van der Waals surface area (Å²) in [6.07, 6.45) is 10.3. The van der Waals surface area contributed by atoms with Crippen molar-refractivity contribution in [1.29, 1.82) is 0 Å². The number of anilines is 1. The summed E-state index contributed by atoms with van der Waals surface area (Å²) < 4.78 is 0. The number of likely N-dealkylation sites (tertiary alicyclic amines) is 1. The van der Waals surface area contributed by atoms with Gasteiger partial charge in [-0.25, -0.2) is 9.97 Å². The van der Waals surface area contributed by atoms with Gasteiger partial charge in [-0.2, -0.15) is 0 Å². The first-order valence-corrected chi connectivity index (χ1v) is 11.2. The molecule has 3 aliphatic rings. The molecule has 1 saturated heterocycles. The molecular weight excluding hydrogens is 350 g/mol. The topological polar surface area (TPSA) is 61.4 Å². The van der Waals surface area contributed by atoms with E-state index in [0.717, 1.165) is 55.3 Å². The van der Waals surface area contributed by atoms with Crippen molar-refractivity contribution < 1.29 is 4.79 Å². The highest BCUT2D eigenvalue weighted by Crippen LogP contribution is 2.31. The molecule has 28 heavy (non-hydrogen) atoms. The van der Waals surface area contributed by atoms with Gasteiger partial charge in [0, 0.05) is 44.5 Å². The van der Waals surface area contributed by atoms with Crippen LogP contribution in [-0.2, 0) is 17.8 Å². The molecule has 1 N–H and O–H groups in total. The second-order valence-electron chi connectivity index (χ2n) is 8.98. The van der Waals surface area contributed by atoms with Crippen molar-refractivity contribution in [2.24, 2.45) is 5.92 Å². The fraction of sp³-hybridized carbons (Fsp3) is 0.773. The predicted molar refractivity (Wildman–Crippen MR) is 111 cm³/mol. The number of rotatable bonds is 4. The summed E-state index contributed by atoms with van der Waals surface area (Å²) in [6.45, 7) is 3.65. The first-order valence-electron chi connectivity index (χ1n) is 11.2. The van der Waals surface area contributed by atoms with Crippen molar-refractivity contribution in [2.75, 3.05) is 39.0 Å². The molecule has 0 radical (unpaired) electrons. The maximum atomic E-state index is 12.9. The number of carbonyl (C=O) groups excluding carboxylic acids is 1. The van der Waals surface area contributed by atoms with E-state index in [0.29, 0.717) is 24.3 Å². The van der Waals surface area contributed by atoms with Crippen LogP contribution in [0.25, 0.3) is 0 Å². The van der Waals surface area contributed by atoms with Gasteiger partial charge in [0.1, 0.15) is 11.6 Å². The Morgan fingerprint density at radius 1 is 1.11 bits per heavy atom. The first kappa shape index (κ1) is 19.6. The molecule has 0 spiro atoms. The maximum Gasteiger partial charge on any atom is 0.223 e. The van der Waals surface area contributed by atoms with Crippen LogP contribution in [0.3, 0.4) is 0 Å². The highest BCUT2D eigenvalue weighted by molar-refractivity contribution is 5.77. The van der Waals surface area contributed by atoms with Gasteiger partial charge >= 0.3 is 0 Å². The molecule has 1 aliphatic carbocycles. The average Bonchev–Trinajstić information content (AvgIpc) is 2.73. The molecule has 1 saturated carbocycles. The summed E-state index contributed by atoms with van der Waals surface area (Å²) in [5.41, 5.74) is 2.27. The fourth-order valence-electron chi connectivity index (χ4n) is 5.18. The quantitative estimate of drug-likeness (QED) is 0.862. The smallest absolute Gasteiger partial charge is 0.223 e. The Morgan fingerprint density at radius 2 is 1.93 bits per heavy atom. The zero-order chi connectivity index (χ0) is 19.5. The van der Waals surface area contributed by atoms with Crippen LogP contribution in [0, 0.1) is 5.92 Å². The first-order chi connectivity index (χ1) is 13.6. The number of hydrogen-bond acceptors (Lipinski definition) is 5. The molecule has 154 valence electrons. The van der Waals surface area contributed by atoms with Crippen LogP contribution in [0.15, 0.2) is 0 Å². The molecule has 2 fully saturated rings. The van der Waals surface area contributed by atoms with E-state index >= 15 is 0 Å². The van der Waals surface area contributed by atoms with Gasteiger partial charge in [0.2, 0.25) is 5.91 Å². The van der Waals surface area contributed by atoms with Crippen LogP contribution in [-0.4, -0.2) is 59.4 Å². The standard InChI is InChI=1S/C22H35N5O/c1-23-22-18-15-27(20(28)13-16-7-4-3-5-8-16)12-10-19(18)24-21(25-22)17-9-6-11-26(2)14-17/h16-17H,3-15H2,1-2H3,(H,23,24,25)/t17-/m1/s1. The number of nitrogens with one attached hydrogen (secondary N) is 1. The summed E-state index contributed by atoms with van der Waals surface area (Å²) >= 11 is 0. The van der Waals surface area contributed by atoms with E-state index < -0.39 is 0 Å². The normalized spacial score (nSPS) is 24.1. The lowest BCUT2D eigenvalue weighted by Gasteiger charge is -2.33. The van der Waals surface area contributed by atoms with Crippen LogP contribution in [0.4, 0.5) is 5.82 Å². The van der Waals surface area contributed by atoms with Crippen LogP contribution in [0.5, 0.6) is 0 Å². The van der Waals surface area contributed by atoms with E-state index in [-0.39, 0.29) is 0 Å². The van der Waals surface area contributed by atoms with E-state index in [1.807, 2.05) is 11.9 Å². The molecule has 6 nitrogen and oxygen atoms in total. The van der Waals surface area contributed by atoms with Crippen LogP contribution < -0.4 is 5.32 Å². The Balaban J connectivity index is 1.47. The molecule has 3 heterocycles. The van der Waals surface area contributed by atoms with Crippen molar-refractivity contribution in [2.45, 2.75) is 70.3 Å². The Labute approximate surface area is 169 Å². The zero-order valence-corrected chi connectivity index (χ0v) is 17.5. The summed E-state index contributed by atoms with van der Waals surface area (Å²) in [4.78, 5) is 27.2. The van der Waals surface area contributed by atoms with Gasteiger partial charge in [-0.15, -0.1) is 0 Å². The number of amides is 1. The Bertz CT molecular complexity index is 683. The number of fused-ring (bicyclic) bond motifs is 1. The SMILES string of the molecule is CNc1nc([C@@H]2CCCN(C)C2)nc2c1CN(C(=O)CC1CCCCC1)CC2. The third-order valence-electron chi connectivity index (χ3n) is 6.84. The second kappa shape index (κ2) is 8.76. The molecule has 6 heteroatoms. The molecule has 1 atom stereocenters.